The molecule has 3 aliphatic rings. The molecule has 2 bridgehead atoms. The van der Waals surface area contributed by atoms with Gasteiger partial charge in [0.2, 0.25) is 5.56 Å². The second kappa shape index (κ2) is 11.0. The zero-order valence-electron chi connectivity index (χ0n) is 24.8. The van der Waals surface area contributed by atoms with E-state index >= 15 is 4.39 Å². The number of likely N-dealkylation sites (N-methyl/N-ethyl adjacent to an activating group) is 1. The van der Waals surface area contributed by atoms with Crippen molar-refractivity contribution in [3.8, 4) is 17.3 Å². The summed E-state index contributed by atoms with van der Waals surface area (Å²) in [4.78, 5) is 34.0. The summed E-state index contributed by atoms with van der Waals surface area (Å²) in [6.45, 7) is 6.79. The molecule has 3 saturated heterocycles. The molecule has 6 heterocycles. The Hall–Kier alpha value is -3.34. The van der Waals surface area contributed by atoms with Crippen molar-refractivity contribution >= 4 is 39.2 Å². The summed E-state index contributed by atoms with van der Waals surface area (Å²) in [6, 6.07) is 5.07. The number of aryl methyl sites for hydroxylation is 1. The van der Waals surface area contributed by atoms with E-state index in [4.69, 9.17) is 26.1 Å². The van der Waals surface area contributed by atoms with Crippen molar-refractivity contribution in [2.24, 2.45) is 0 Å². The van der Waals surface area contributed by atoms with E-state index < -0.39 is 5.82 Å². The molecule has 0 aliphatic carbocycles. The highest BCUT2D eigenvalue weighted by molar-refractivity contribution is 6.37. The Morgan fingerprint density at radius 3 is 2.74 bits per heavy atom. The molecule has 9 nitrogen and oxygen atoms in total. The third-order valence-electron chi connectivity index (χ3n) is 9.51. The Morgan fingerprint density at radius 1 is 1.23 bits per heavy atom. The zero-order chi connectivity index (χ0) is 29.9. The Balaban J connectivity index is 1.38. The van der Waals surface area contributed by atoms with Crippen molar-refractivity contribution in [1.29, 1.82) is 0 Å². The summed E-state index contributed by atoms with van der Waals surface area (Å²) in [6.07, 6.45) is 7.97. The fourth-order valence-corrected chi connectivity index (χ4v) is 7.48. The minimum Gasteiger partial charge on any atom is -0.461 e. The number of benzene rings is 1. The first-order valence-corrected chi connectivity index (χ1v) is 15.6. The lowest BCUT2D eigenvalue weighted by Gasteiger charge is -2.36. The average Bonchev–Trinajstić information content (AvgIpc) is 3.53. The predicted molar refractivity (Wildman–Crippen MR) is 166 cm³/mol. The quantitative estimate of drug-likeness (QED) is 0.289. The first-order valence-electron chi connectivity index (χ1n) is 15.2. The second-order valence-corrected chi connectivity index (χ2v) is 12.7. The standard InChI is InChI=1S/C32H36ClFN6O3/c1-4-10-32(11-5-12-39(32)3)17-42-31-37-29-22(30(38-31)40-15-19-7-8-20(16-40)43-19)14-35-28(27(29)34)21-13-24(41)36-23-9-6-18(2)26(33)25(21)23/h6,9,13-14,19-20H,4-5,7-8,10-12,15-17H2,1-3H3,(H,36,41). The number of pyridine rings is 2. The van der Waals surface area contributed by atoms with E-state index in [2.05, 4.69) is 38.7 Å². The molecule has 3 fully saturated rings. The van der Waals surface area contributed by atoms with E-state index in [9.17, 15) is 4.79 Å². The lowest BCUT2D eigenvalue weighted by Crippen LogP contribution is -2.46. The number of likely N-dealkylation sites (tertiary alicyclic amines) is 1. The summed E-state index contributed by atoms with van der Waals surface area (Å²) < 4.78 is 29.2. The number of fused-ring (bicyclic) bond motifs is 4. The van der Waals surface area contributed by atoms with Crippen LogP contribution in [0.3, 0.4) is 0 Å². The largest absolute Gasteiger partial charge is 0.461 e. The number of hydrogen-bond donors (Lipinski definition) is 1. The number of H-pyrrole nitrogens is 1. The van der Waals surface area contributed by atoms with Crippen LogP contribution in [0.15, 0.2) is 29.2 Å². The molecule has 7 rings (SSSR count). The number of aromatic nitrogens is 4. The summed E-state index contributed by atoms with van der Waals surface area (Å²) >= 11 is 6.70. The van der Waals surface area contributed by atoms with Crippen molar-refractivity contribution in [3.63, 3.8) is 0 Å². The Labute approximate surface area is 254 Å². The predicted octanol–water partition coefficient (Wildman–Crippen LogP) is 5.65. The molecule has 0 radical (unpaired) electrons. The second-order valence-electron chi connectivity index (χ2n) is 12.3. The van der Waals surface area contributed by atoms with Gasteiger partial charge in [-0.3, -0.25) is 14.7 Å². The van der Waals surface area contributed by atoms with Gasteiger partial charge in [-0.1, -0.05) is 31.0 Å². The van der Waals surface area contributed by atoms with Crippen LogP contribution in [0.1, 0.15) is 51.0 Å². The van der Waals surface area contributed by atoms with Gasteiger partial charge in [0, 0.05) is 36.3 Å². The van der Waals surface area contributed by atoms with E-state index in [1.165, 1.54) is 6.07 Å². The van der Waals surface area contributed by atoms with Gasteiger partial charge in [-0.2, -0.15) is 9.97 Å². The highest BCUT2D eigenvalue weighted by atomic mass is 35.5. The third kappa shape index (κ3) is 4.93. The normalized spacial score (nSPS) is 24.0. The third-order valence-corrected chi connectivity index (χ3v) is 10.00. The highest BCUT2D eigenvalue weighted by Gasteiger charge is 2.39. The van der Waals surface area contributed by atoms with E-state index in [0.717, 1.165) is 50.6 Å². The summed E-state index contributed by atoms with van der Waals surface area (Å²) in [7, 11) is 2.14. The summed E-state index contributed by atoms with van der Waals surface area (Å²) in [5, 5.41) is 1.46. The van der Waals surface area contributed by atoms with Crippen molar-refractivity contribution in [1.82, 2.24) is 24.8 Å². The molecular formula is C32H36ClFN6O3. The first kappa shape index (κ1) is 28.4. The number of nitrogens with one attached hydrogen (secondary N) is 1. The first-order chi connectivity index (χ1) is 20.8. The Morgan fingerprint density at radius 2 is 2.02 bits per heavy atom. The molecule has 3 aliphatic heterocycles. The average molecular weight is 607 g/mol. The Bertz CT molecular complexity index is 1770. The van der Waals surface area contributed by atoms with Gasteiger partial charge in [0.1, 0.15) is 23.6 Å². The number of aromatic amines is 1. The molecule has 0 spiro atoms. The fourth-order valence-electron chi connectivity index (χ4n) is 7.22. The van der Waals surface area contributed by atoms with Gasteiger partial charge in [0.05, 0.1) is 33.7 Å². The maximum absolute atomic E-state index is 16.7. The van der Waals surface area contributed by atoms with Crippen LogP contribution in [-0.4, -0.2) is 75.9 Å². The van der Waals surface area contributed by atoms with Crippen LogP contribution >= 0.6 is 11.6 Å². The minimum absolute atomic E-state index is 0.00623. The molecule has 4 aromatic rings. The number of rotatable bonds is 7. The number of morpholine rings is 1. The molecule has 0 amide bonds. The van der Waals surface area contributed by atoms with Crippen molar-refractivity contribution in [2.45, 2.75) is 70.1 Å². The molecule has 3 atom stereocenters. The number of hydrogen-bond acceptors (Lipinski definition) is 8. The van der Waals surface area contributed by atoms with Gasteiger partial charge in [-0.15, -0.1) is 0 Å². The van der Waals surface area contributed by atoms with Gasteiger partial charge in [-0.25, -0.2) is 4.39 Å². The highest BCUT2D eigenvalue weighted by Crippen LogP contribution is 2.39. The molecule has 0 saturated carbocycles. The SMILES string of the molecule is CCCC1(COc2nc(N3CC4CCC(C3)O4)c3cnc(-c4cc(=O)[nH]c5ccc(C)c(Cl)c45)c(F)c3n2)CCCN1C. The van der Waals surface area contributed by atoms with Gasteiger partial charge in [-0.05, 0) is 64.3 Å². The van der Waals surface area contributed by atoms with Crippen molar-refractivity contribution in [3.05, 3.63) is 51.2 Å². The Kier molecular flexibility index (Phi) is 7.26. The van der Waals surface area contributed by atoms with Crippen LogP contribution in [0, 0.1) is 12.7 Å². The van der Waals surface area contributed by atoms with Crippen molar-refractivity contribution < 1.29 is 13.9 Å². The van der Waals surface area contributed by atoms with Crippen molar-refractivity contribution in [2.75, 3.05) is 38.2 Å². The number of ether oxygens (including phenoxy) is 2. The van der Waals surface area contributed by atoms with Crippen LogP contribution in [0.4, 0.5) is 10.2 Å². The van der Waals surface area contributed by atoms with Gasteiger partial charge in [0.25, 0.3) is 0 Å². The molecule has 43 heavy (non-hydrogen) atoms. The lowest BCUT2D eigenvalue weighted by molar-refractivity contribution is 0.0302. The van der Waals surface area contributed by atoms with Crippen LogP contribution in [0.25, 0.3) is 33.1 Å². The smallest absolute Gasteiger partial charge is 0.319 e. The molecule has 3 unspecified atom stereocenters. The molecule has 1 aromatic carbocycles. The molecule has 226 valence electrons. The molecule has 3 aromatic heterocycles. The van der Waals surface area contributed by atoms with Crippen LogP contribution < -0.4 is 15.2 Å². The van der Waals surface area contributed by atoms with E-state index in [0.29, 0.717) is 52.4 Å². The number of anilines is 1. The van der Waals surface area contributed by atoms with Gasteiger partial charge >= 0.3 is 6.01 Å². The fraction of sp³-hybridized carbons (Fsp3) is 0.500. The number of halogens is 2. The van der Waals surface area contributed by atoms with Crippen LogP contribution in [-0.2, 0) is 4.74 Å². The monoisotopic (exact) mass is 606 g/mol. The molecule has 1 N–H and O–H groups in total. The van der Waals surface area contributed by atoms with Gasteiger partial charge in [0.15, 0.2) is 5.82 Å². The minimum atomic E-state index is -0.645. The van der Waals surface area contributed by atoms with Crippen LogP contribution in [0.2, 0.25) is 5.02 Å². The maximum Gasteiger partial charge on any atom is 0.319 e. The zero-order valence-corrected chi connectivity index (χ0v) is 25.5. The topological polar surface area (TPSA) is 96.5 Å². The molecular weight excluding hydrogens is 571 g/mol. The van der Waals surface area contributed by atoms with E-state index in [-0.39, 0.29) is 40.5 Å². The van der Waals surface area contributed by atoms with E-state index in [1.807, 2.05) is 13.0 Å². The lowest BCUT2D eigenvalue weighted by atomic mass is 9.92. The van der Waals surface area contributed by atoms with E-state index in [1.54, 1.807) is 12.3 Å². The van der Waals surface area contributed by atoms with Gasteiger partial charge < -0.3 is 19.4 Å². The summed E-state index contributed by atoms with van der Waals surface area (Å²) in [5.74, 6) is -0.0555. The molecule has 11 heteroatoms. The van der Waals surface area contributed by atoms with Crippen LogP contribution in [0.5, 0.6) is 6.01 Å². The maximum atomic E-state index is 16.7. The number of nitrogens with zero attached hydrogens (tertiary/aromatic N) is 5. The summed E-state index contributed by atoms with van der Waals surface area (Å²) in [5.41, 5.74) is 1.26.